The third kappa shape index (κ3) is 4.70. The van der Waals surface area contributed by atoms with Crippen LogP contribution in [0.15, 0.2) is 60.1 Å². The van der Waals surface area contributed by atoms with Gasteiger partial charge in [-0.25, -0.2) is 4.98 Å². The molecule has 0 atom stereocenters. The first-order valence-corrected chi connectivity index (χ1v) is 9.02. The van der Waals surface area contributed by atoms with E-state index in [1.165, 1.54) is 22.9 Å². The summed E-state index contributed by atoms with van der Waals surface area (Å²) in [6.45, 7) is 4.59. The van der Waals surface area contributed by atoms with Crippen molar-refractivity contribution in [3.8, 4) is 5.69 Å². The Labute approximate surface area is 151 Å². The van der Waals surface area contributed by atoms with Gasteiger partial charge in [0.15, 0.2) is 5.16 Å². The van der Waals surface area contributed by atoms with Crippen molar-refractivity contribution < 1.29 is 4.79 Å². The number of imidazole rings is 1. The van der Waals surface area contributed by atoms with Gasteiger partial charge in [0.25, 0.3) is 0 Å². The van der Waals surface area contributed by atoms with Crippen molar-refractivity contribution in [2.24, 2.45) is 0 Å². The lowest BCUT2D eigenvalue weighted by Crippen LogP contribution is -2.25. The lowest BCUT2D eigenvalue weighted by atomic mass is 10.1. The van der Waals surface area contributed by atoms with Crippen LogP contribution in [0.3, 0.4) is 0 Å². The molecule has 0 spiro atoms. The zero-order valence-electron chi connectivity index (χ0n) is 14.3. The van der Waals surface area contributed by atoms with Gasteiger partial charge in [-0.15, -0.1) is 0 Å². The topological polar surface area (TPSA) is 59.8 Å². The van der Waals surface area contributed by atoms with E-state index >= 15 is 0 Å². The molecule has 25 heavy (non-hydrogen) atoms. The quantitative estimate of drug-likeness (QED) is 0.692. The molecule has 0 bridgehead atoms. The minimum atomic E-state index is -0.0365. The number of carbonyl (C=O) groups is 1. The number of aromatic nitrogens is 3. The number of rotatable bonds is 6. The maximum absolute atomic E-state index is 12.1. The fraction of sp³-hybridized carbons (Fsp3) is 0.211. The zero-order chi connectivity index (χ0) is 17.6. The summed E-state index contributed by atoms with van der Waals surface area (Å²) in [6.07, 6.45) is 5.39. The molecule has 1 aromatic carbocycles. The largest absolute Gasteiger partial charge is 0.350 e. The molecule has 0 unspecified atom stereocenters. The number of thioether (sulfide) groups is 1. The number of pyridine rings is 1. The maximum Gasteiger partial charge on any atom is 0.230 e. The first-order valence-electron chi connectivity index (χ1n) is 8.03. The van der Waals surface area contributed by atoms with E-state index in [2.05, 4.69) is 47.3 Å². The van der Waals surface area contributed by atoms with Gasteiger partial charge in [-0.1, -0.05) is 23.9 Å². The van der Waals surface area contributed by atoms with Crippen molar-refractivity contribution in [2.75, 3.05) is 5.75 Å². The van der Waals surface area contributed by atoms with Gasteiger partial charge in [0.2, 0.25) is 5.91 Å². The fourth-order valence-electron chi connectivity index (χ4n) is 2.56. The predicted octanol–water partition coefficient (Wildman–Crippen LogP) is 3.29. The van der Waals surface area contributed by atoms with E-state index in [9.17, 15) is 4.79 Å². The molecule has 3 rings (SSSR count). The molecule has 5 nitrogen and oxygen atoms in total. The van der Waals surface area contributed by atoms with E-state index in [4.69, 9.17) is 0 Å². The first-order chi connectivity index (χ1) is 12.1. The number of nitrogens with one attached hydrogen (secondary N) is 1. The normalized spacial score (nSPS) is 10.6. The van der Waals surface area contributed by atoms with Gasteiger partial charge in [-0.2, -0.15) is 0 Å². The highest BCUT2D eigenvalue weighted by Gasteiger charge is 2.10. The van der Waals surface area contributed by atoms with Crippen LogP contribution in [0.25, 0.3) is 5.69 Å². The first kappa shape index (κ1) is 17.2. The average Bonchev–Trinajstić information content (AvgIpc) is 3.07. The van der Waals surface area contributed by atoms with Gasteiger partial charge in [0.05, 0.1) is 18.0 Å². The Balaban J connectivity index is 1.60. The average molecular weight is 352 g/mol. The molecule has 0 saturated heterocycles. The Kier molecular flexibility index (Phi) is 5.50. The van der Waals surface area contributed by atoms with E-state index in [-0.39, 0.29) is 5.91 Å². The van der Waals surface area contributed by atoms with Gasteiger partial charge in [-0.05, 0) is 49.2 Å². The Morgan fingerprint density at radius 2 is 1.92 bits per heavy atom. The van der Waals surface area contributed by atoms with Crippen LogP contribution in [-0.4, -0.2) is 26.2 Å². The van der Waals surface area contributed by atoms with E-state index in [1.807, 2.05) is 29.0 Å². The molecule has 128 valence electrons. The second-order valence-corrected chi connectivity index (χ2v) is 6.75. The molecule has 2 aromatic heterocycles. The summed E-state index contributed by atoms with van der Waals surface area (Å²) in [5, 5.41) is 3.68. The molecule has 0 radical (unpaired) electrons. The van der Waals surface area contributed by atoms with Crippen molar-refractivity contribution in [1.29, 1.82) is 0 Å². The van der Waals surface area contributed by atoms with Crippen molar-refractivity contribution in [3.63, 3.8) is 0 Å². The number of hydrogen-bond donors (Lipinski definition) is 1. The fourth-order valence-corrected chi connectivity index (χ4v) is 3.36. The Bertz CT molecular complexity index is 841. The Morgan fingerprint density at radius 3 is 2.64 bits per heavy atom. The van der Waals surface area contributed by atoms with Crippen molar-refractivity contribution in [3.05, 3.63) is 71.8 Å². The Hall–Kier alpha value is -2.60. The molecule has 3 aromatic rings. The van der Waals surface area contributed by atoms with Crippen molar-refractivity contribution >= 4 is 17.7 Å². The standard InChI is InChI=1S/C19H20N4OS/c1-14-9-15(2)11-17(10-14)23-8-7-21-19(23)25-13-18(24)22-12-16-5-3-4-6-20-16/h3-11H,12-13H2,1-2H3,(H,22,24). The molecule has 0 aliphatic heterocycles. The number of benzene rings is 1. The monoisotopic (exact) mass is 352 g/mol. The van der Waals surface area contributed by atoms with Crippen LogP contribution < -0.4 is 5.32 Å². The third-order valence-electron chi connectivity index (χ3n) is 3.62. The van der Waals surface area contributed by atoms with Crippen molar-refractivity contribution in [1.82, 2.24) is 19.9 Å². The minimum Gasteiger partial charge on any atom is -0.350 e. The smallest absolute Gasteiger partial charge is 0.230 e. The van der Waals surface area contributed by atoms with Crippen LogP contribution in [0, 0.1) is 13.8 Å². The third-order valence-corrected chi connectivity index (χ3v) is 4.58. The van der Waals surface area contributed by atoms with Crippen LogP contribution in [0.4, 0.5) is 0 Å². The second-order valence-electron chi connectivity index (χ2n) is 5.81. The Morgan fingerprint density at radius 1 is 1.12 bits per heavy atom. The van der Waals surface area contributed by atoms with Crippen LogP contribution in [0.5, 0.6) is 0 Å². The number of carbonyl (C=O) groups excluding carboxylic acids is 1. The van der Waals surface area contributed by atoms with Gasteiger partial charge in [0, 0.05) is 24.3 Å². The van der Waals surface area contributed by atoms with Gasteiger partial charge in [0.1, 0.15) is 0 Å². The van der Waals surface area contributed by atoms with E-state index < -0.39 is 0 Å². The van der Waals surface area contributed by atoms with Gasteiger partial charge in [-0.3, -0.25) is 14.3 Å². The molecule has 0 fully saturated rings. The van der Waals surface area contributed by atoms with E-state index in [0.29, 0.717) is 12.3 Å². The van der Waals surface area contributed by atoms with Crippen LogP contribution >= 0.6 is 11.8 Å². The second kappa shape index (κ2) is 7.98. The SMILES string of the molecule is Cc1cc(C)cc(-n2ccnc2SCC(=O)NCc2ccccn2)c1. The highest BCUT2D eigenvalue weighted by Crippen LogP contribution is 2.22. The zero-order valence-corrected chi connectivity index (χ0v) is 15.1. The minimum absolute atomic E-state index is 0.0365. The molecule has 6 heteroatoms. The summed E-state index contributed by atoms with van der Waals surface area (Å²) in [6, 6.07) is 12.0. The molecule has 2 heterocycles. The molecule has 1 N–H and O–H groups in total. The summed E-state index contributed by atoms with van der Waals surface area (Å²) in [4.78, 5) is 20.6. The predicted molar refractivity (Wildman–Crippen MR) is 99.8 cm³/mol. The molecular formula is C19H20N4OS. The molecule has 0 saturated carbocycles. The highest BCUT2D eigenvalue weighted by atomic mass is 32.2. The highest BCUT2D eigenvalue weighted by molar-refractivity contribution is 7.99. The molecule has 1 amide bonds. The molecular weight excluding hydrogens is 332 g/mol. The van der Waals surface area contributed by atoms with E-state index in [1.54, 1.807) is 12.4 Å². The lowest BCUT2D eigenvalue weighted by molar-refractivity contribution is -0.118. The maximum atomic E-state index is 12.1. The summed E-state index contributed by atoms with van der Waals surface area (Å²) < 4.78 is 2.01. The number of aryl methyl sites for hydroxylation is 2. The van der Waals surface area contributed by atoms with Crippen LogP contribution in [0.2, 0.25) is 0 Å². The summed E-state index contributed by atoms with van der Waals surface area (Å²) >= 11 is 1.42. The number of nitrogens with zero attached hydrogens (tertiary/aromatic N) is 3. The molecule has 0 aliphatic rings. The van der Waals surface area contributed by atoms with Crippen LogP contribution in [0.1, 0.15) is 16.8 Å². The molecule has 0 aliphatic carbocycles. The summed E-state index contributed by atoms with van der Waals surface area (Å²) in [5.74, 6) is 0.278. The van der Waals surface area contributed by atoms with Gasteiger partial charge >= 0.3 is 0 Å². The van der Waals surface area contributed by atoms with Crippen LogP contribution in [-0.2, 0) is 11.3 Å². The summed E-state index contributed by atoms with van der Waals surface area (Å²) in [7, 11) is 0. The van der Waals surface area contributed by atoms with Crippen molar-refractivity contribution in [2.45, 2.75) is 25.5 Å². The van der Waals surface area contributed by atoms with E-state index in [0.717, 1.165) is 16.5 Å². The summed E-state index contributed by atoms with van der Waals surface area (Å²) in [5.41, 5.74) is 4.31. The number of hydrogen-bond acceptors (Lipinski definition) is 4. The number of amides is 1. The lowest BCUT2D eigenvalue weighted by Gasteiger charge is -2.10. The van der Waals surface area contributed by atoms with Gasteiger partial charge < -0.3 is 5.32 Å².